The molecule has 0 saturated heterocycles. The predicted octanol–water partition coefficient (Wildman–Crippen LogP) is 4.75. The number of ketones is 1. The van der Waals surface area contributed by atoms with Gasteiger partial charge in [0, 0.05) is 44.1 Å². The van der Waals surface area contributed by atoms with Gasteiger partial charge in [0.25, 0.3) is 0 Å². The number of imidazole rings is 1. The van der Waals surface area contributed by atoms with Crippen molar-refractivity contribution in [2.75, 3.05) is 29.7 Å². The summed E-state index contributed by atoms with van der Waals surface area (Å²) in [5.41, 5.74) is 5.35. The van der Waals surface area contributed by atoms with Crippen molar-refractivity contribution in [3.8, 4) is 0 Å². The molecule has 0 atom stereocenters. The summed E-state index contributed by atoms with van der Waals surface area (Å²) in [4.78, 5) is 18.1. The highest BCUT2D eigenvalue weighted by atomic mass is 35.5. The molecule has 3 aromatic rings. The minimum Gasteiger partial charge on any atom is -0.369 e. The highest BCUT2D eigenvalue weighted by Gasteiger charge is 2.11. The van der Waals surface area contributed by atoms with Crippen molar-refractivity contribution in [3.63, 3.8) is 0 Å². The fourth-order valence-electron chi connectivity index (χ4n) is 3.45. The normalized spacial score (nSPS) is 11.5. The van der Waals surface area contributed by atoms with Gasteiger partial charge < -0.3 is 14.8 Å². The van der Waals surface area contributed by atoms with Crippen LogP contribution in [0.4, 0.5) is 5.69 Å². The SMILES string of the molecule is CC(=O)/C=C/c1ccc(CNCc2nc3cc(N(CCCl)CCCl)ccc3n2C)cc1. The molecule has 2 aromatic carbocycles. The molecule has 0 aliphatic carbocycles. The minimum absolute atomic E-state index is 0.0473. The third-order valence-corrected chi connectivity index (χ3v) is 5.47. The van der Waals surface area contributed by atoms with Gasteiger partial charge in [-0.15, -0.1) is 23.2 Å². The van der Waals surface area contributed by atoms with Crippen LogP contribution in [0.2, 0.25) is 0 Å². The van der Waals surface area contributed by atoms with E-state index in [4.69, 9.17) is 28.2 Å². The maximum Gasteiger partial charge on any atom is 0.152 e. The lowest BCUT2D eigenvalue weighted by atomic mass is 10.1. The summed E-state index contributed by atoms with van der Waals surface area (Å²) in [6.45, 7) is 4.46. The number of anilines is 1. The summed E-state index contributed by atoms with van der Waals surface area (Å²) in [6.07, 6.45) is 3.41. The molecule has 0 bridgehead atoms. The van der Waals surface area contributed by atoms with Crippen molar-refractivity contribution < 1.29 is 4.79 Å². The molecule has 31 heavy (non-hydrogen) atoms. The van der Waals surface area contributed by atoms with E-state index in [1.54, 1.807) is 13.0 Å². The van der Waals surface area contributed by atoms with Gasteiger partial charge in [-0.25, -0.2) is 4.98 Å². The number of hydrogen-bond acceptors (Lipinski definition) is 4. The van der Waals surface area contributed by atoms with Gasteiger partial charge in [0.05, 0.1) is 17.6 Å². The molecule has 0 radical (unpaired) electrons. The second kappa shape index (κ2) is 11.3. The molecule has 0 spiro atoms. The molecule has 1 N–H and O–H groups in total. The van der Waals surface area contributed by atoms with E-state index < -0.39 is 0 Å². The number of benzene rings is 2. The van der Waals surface area contributed by atoms with Gasteiger partial charge in [-0.2, -0.15) is 0 Å². The minimum atomic E-state index is 0.0473. The van der Waals surface area contributed by atoms with Crippen molar-refractivity contribution in [2.45, 2.75) is 20.0 Å². The molecule has 164 valence electrons. The molecule has 0 fully saturated rings. The van der Waals surface area contributed by atoms with E-state index >= 15 is 0 Å². The largest absolute Gasteiger partial charge is 0.369 e. The molecule has 0 amide bonds. The molecule has 0 unspecified atom stereocenters. The van der Waals surface area contributed by atoms with Crippen molar-refractivity contribution in [1.29, 1.82) is 0 Å². The smallest absolute Gasteiger partial charge is 0.152 e. The van der Waals surface area contributed by atoms with Crippen LogP contribution in [0.1, 0.15) is 23.9 Å². The second-order valence-corrected chi connectivity index (χ2v) is 8.17. The zero-order valence-corrected chi connectivity index (χ0v) is 19.5. The number of carbonyl (C=O) groups is 1. The third-order valence-electron chi connectivity index (χ3n) is 5.13. The first-order valence-corrected chi connectivity index (χ1v) is 11.4. The van der Waals surface area contributed by atoms with Gasteiger partial charge in [-0.05, 0) is 42.3 Å². The zero-order valence-electron chi connectivity index (χ0n) is 17.9. The lowest BCUT2D eigenvalue weighted by Gasteiger charge is -2.22. The summed E-state index contributed by atoms with van der Waals surface area (Å²) in [5, 5.41) is 3.47. The van der Waals surface area contributed by atoms with Crippen LogP contribution in [0, 0.1) is 0 Å². The molecular weight excluding hydrogens is 431 g/mol. The Morgan fingerprint density at radius 3 is 2.45 bits per heavy atom. The molecule has 1 heterocycles. The van der Waals surface area contributed by atoms with E-state index in [-0.39, 0.29) is 5.78 Å². The molecular formula is C24H28Cl2N4O. The summed E-state index contributed by atoms with van der Waals surface area (Å²) in [7, 11) is 2.04. The van der Waals surface area contributed by atoms with Gasteiger partial charge >= 0.3 is 0 Å². The molecule has 0 aliphatic rings. The van der Waals surface area contributed by atoms with E-state index in [2.05, 4.69) is 45.1 Å². The van der Waals surface area contributed by atoms with E-state index in [1.165, 1.54) is 5.56 Å². The number of nitrogens with zero attached hydrogens (tertiary/aromatic N) is 3. The average molecular weight is 459 g/mol. The molecule has 0 saturated carbocycles. The number of halogens is 2. The Morgan fingerprint density at radius 2 is 1.81 bits per heavy atom. The number of nitrogens with one attached hydrogen (secondary N) is 1. The van der Waals surface area contributed by atoms with Crippen LogP contribution >= 0.6 is 23.2 Å². The number of allylic oxidation sites excluding steroid dienone is 1. The monoisotopic (exact) mass is 458 g/mol. The van der Waals surface area contributed by atoms with Gasteiger partial charge in [0.2, 0.25) is 0 Å². The fraction of sp³-hybridized carbons (Fsp3) is 0.333. The number of fused-ring (bicyclic) bond motifs is 1. The molecule has 7 heteroatoms. The Morgan fingerprint density at radius 1 is 1.10 bits per heavy atom. The van der Waals surface area contributed by atoms with Gasteiger partial charge in [-0.3, -0.25) is 4.79 Å². The topological polar surface area (TPSA) is 50.2 Å². The maximum absolute atomic E-state index is 11.0. The number of alkyl halides is 2. The Labute approximate surface area is 193 Å². The van der Waals surface area contributed by atoms with Crippen LogP contribution in [0.5, 0.6) is 0 Å². The van der Waals surface area contributed by atoms with Gasteiger partial charge in [0.1, 0.15) is 5.82 Å². The Hall–Kier alpha value is -2.34. The highest BCUT2D eigenvalue weighted by Crippen LogP contribution is 2.23. The lowest BCUT2D eigenvalue weighted by molar-refractivity contribution is -0.112. The van der Waals surface area contributed by atoms with Crippen molar-refractivity contribution in [1.82, 2.24) is 14.9 Å². The van der Waals surface area contributed by atoms with Crippen LogP contribution in [0.25, 0.3) is 17.1 Å². The van der Waals surface area contributed by atoms with E-state index in [1.807, 2.05) is 25.3 Å². The standard InChI is InChI=1S/C24H28Cl2N4O/c1-18(31)3-4-19-5-7-20(8-6-19)16-27-17-24-28-22-15-21(9-10-23(22)29(24)2)30(13-11-25)14-12-26/h3-10,15,27H,11-14,16-17H2,1-2H3/b4-3+. The summed E-state index contributed by atoms with van der Waals surface area (Å²) >= 11 is 11.9. The number of carbonyl (C=O) groups excluding carboxylic acids is 1. The van der Waals surface area contributed by atoms with Crippen LogP contribution in [-0.4, -0.2) is 40.2 Å². The zero-order chi connectivity index (χ0) is 22.2. The van der Waals surface area contributed by atoms with E-state index in [0.29, 0.717) is 18.3 Å². The first kappa shape index (κ1) is 23.3. The number of aryl methyl sites for hydroxylation is 1. The highest BCUT2D eigenvalue weighted by molar-refractivity contribution is 6.18. The Kier molecular flexibility index (Phi) is 8.52. The van der Waals surface area contributed by atoms with Crippen LogP contribution in [0.3, 0.4) is 0 Å². The Bertz CT molecular complexity index is 1040. The van der Waals surface area contributed by atoms with Crippen molar-refractivity contribution in [2.24, 2.45) is 7.05 Å². The first-order chi connectivity index (χ1) is 15.0. The van der Waals surface area contributed by atoms with Crippen LogP contribution in [0.15, 0.2) is 48.5 Å². The molecule has 3 rings (SSSR count). The maximum atomic E-state index is 11.0. The average Bonchev–Trinajstić information content (AvgIpc) is 3.08. The lowest BCUT2D eigenvalue weighted by Crippen LogP contribution is -2.27. The van der Waals surface area contributed by atoms with Crippen LogP contribution in [-0.2, 0) is 24.9 Å². The number of aromatic nitrogens is 2. The number of rotatable bonds is 11. The molecule has 5 nitrogen and oxygen atoms in total. The number of hydrogen-bond donors (Lipinski definition) is 1. The van der Waals surface area contributed by atoms with Crippen molar-refractivity contribution in [3.05, 3.63) is 65.5 Å². The predicted molar refractivity (Wildman–Crippen MR) is 131 cm³/mol. The molecule has 1 aromatic heterocycles. The van der Waals surface area contributed by atoms with E-state index in [0.717, 1.165) is 47.7 Å². The van der Waals surface area contributed by atoms with Crippen molar-refractivity contribution >= 4 is 51.8 Å². The quantitative estimate of drug-likeness (QED) is 0.332. The van der Waals surface area contributed by atoms with E-state index in [9.17, 15) is 4.79 Å². The second-order valence-electron chi connectivity index (χ2n) is 7.41. The third kappa shape index (κ3) is 6.33. The van der Waals surface area contributed by atoms with Crippen LogP contribution < -0.4 is 10.2 Å². The van der Waals surface area contributed by atoms with Gasteiger partial charge in [0.15, 0.2) is 5.78 Å². The summed E-state index contributed by atoms with van der Waals surface area (Å²) in [6, 6.07) is 14.5. The summed E-state index contributed by atoms with van der Waals surface area (Å²) < 4.78 is 2.12. The fourth-order valence-corrected chi connectivity index (χ4v) is 3.85. The van der Waals surface area contributed by atoms with Gasteiger partial charge in [-0.1, -0.05) is 30.3 Å². The molecule has 0 aliphatic heterocycles. The Balaban J connectivity index is 1.65. The summed E-state index contributed by atoms with van der Waals surface area (Å²) in [5.74, 6) is 2.14. The first-order valence-electron chi connectivity index (χ1n) is 10.3.